The second-order valence-electron chi connectivity index (χ2n) is 4.93. The maximum atomic E-state index is 13.5. The van der Waals surface area contributed by atoms with Crippen LogP contribution < -0.4 is 0 Å². The fraction of sp³-hybridized carbons (Fsp3) is 0.250. The molecule has 0 saturated heterocycles. The van der Waals surface area contributed by atoms with Gasteiger partial charge in [0.15, 0.2) is 0 Å². The van der Waals surface area contributed by atoms with Crippen molar-refractivity contribution in [3.05, 3.63) is 70.0 Å². The van der Waals surface area contributed by atoms with Gasteiger partial charge >= 0.3 is 0 Å². The van der Waals surface area contributed by atoms with Crippen molar-refractivity contribution in [2.24, 2.45) is 0 Å². The summed E-state index contributed by atoms with van der Waals surface area (Å²) in [5.74, 6) is -0.291. The molecular weight excluding hydrogens is 243 g/mol. The van der Waals surface area contributed by atoms with Crippen LogP contribution in [0.2, 0.25) is 0 Å². The topological polar surface area (TPSA) is 29.5 Å². The third kappa shape index (κ3) is 2.27. The van der Waals surface area contributed by atoms with Crippen molar-refractivity contribution in [1.82, 2.24) is 0 Å². The second-order valence-corrected chi connectivity index (χ2v) is 4.93. The molecule has 0 saturated carbocycles. The number of hydrogen-bond donors (Lipinski definition) is 1. The Hall–Kier alpha value is -1.71. The van der Waals surface area contributed by atoms with Crippen LogP contribution in [0.1, 0.15) is 33.9 Å². The molecule has 3 rings (SSSR count). The third-order valence-electron chi connectivity index (χ3n) is 3.57. The van der Waals surface area contributed by atoms with Crippen molar-refractivity contribution in [2.45, 2.75) is 26.2 Å². The fourth-order valence-corrected chi connectivity index (χ4v) is 2.33. The molecule has 0 aliphatic carbocycles. The highest BCUT2D eigenvalue weighted by molar-refractivity contribution is 5.38. The number of aryl methyl sites for hydroxylation is 1. The molecule has 0 spiro atoms. The molecule has 0 aromatic heterocycles. The number of halogens is 1. The van der Waals surface area contributed by atoms with Crippen molar-refractivity contribution >= 4 is 0 Å². The van der Waals surface area contributed by atoms with E-state index in [0.717, 1.165) is 16.7 Å². The van der Waals surface area contributed by atoms with Gasteiger partial charge in [-0.2, -0.15) is 0 Å². The number of benzene rings is 2. The van der Waals surface area contributed by atoms with Crippen molar-refractivity contribution in [3.63, 3.8) is 0 Å². The molecule has 0 amide bonds. The Balaban J connectivity index is 1.94. The van der Waals surface area contributed by atoms with Crippen LogP contribution in [0.15, 0.2) is 36.4 Å². The maximum absolute atomic E-state index is 13.5. The van der Waals surface area contributed by atoms with E-state index in [1.54, 1.807) is 19.1 Å². The molecule has 0 radical (unpaired) electrons. The zero-order chi connectivity index (χ0) is 13.4. The minimum absolute atomic E-state index is 0.291. The molecule has 19 heavy (non-hydrogen) atoms. The monoisotopic (exact) mass is 258 g/mol. The van der Waals surface area contributed by atoms with E-state index in [-0.39, 0.29) is 5.82 Å². The van der Waals surface area contributed by atoms with E-state index in [1.165, 1.54) is 6.07 Å². The molecule has 1 heterocycles. The van der Waals surface area contributed by atoms with Gasteiger partial charge in [-0.05, 0) is 40.8 Å². The molecule has 2 aromatic carbocycles. The van der Waals surface area contributed by atoms with Crippen molar-refractivity contribution < 1.29 is 14.2 Å². The van der Waals surface area contributed by atoms with Gasteiger partial charge in [0.1, 0.15) is 11.9 Å². The van der Waals surface area contributed by atoms with Gasteiger partial charge in [0, 0.05) is 0 Å². The van der Waals surface area contributed by atoms with Crippen molar-refractivity contribution in [3.8, 4) is 0 Å². The lowest BCUT2D eigenvalue weighted by Gasteiger charge is -2.13. The van der Waals surface area contributed by atoms with Gasteiger partial charge < -0.3 is 9.84 Å². The van der Waals surface area contributed by atoms with Crippen molar-refractivity contribution in [1.29, 1.82) is 0 Å². The van der Waals surface area contributed by atoms with E-state index < -0.39 is 6.10 Å². The van der Waals surface area contributed by atoms with Crippen LogP contribution in [0.4, 0.5) is 4.39 Å². The Morgan fingerprint density at radius 1 is 1.05 bits per heavy atom. The lowest BCUT2D eigenvalue weighted by atomic mass is 9.97. The molecule has 1 atom stereocenters. The Morgan fingerprint density at radius 3 is 2.53 bits per heavy atom. The van der Waals surface area contributed by atoms with Crippen LogP contribution in [-0.2, 0) is 18.0 Å². The standard InChI is InChI=1S/C16H15FO2/c1-10-2-3-12(7-15(10)17)16(18)11-4-5-13-8-19-9-14(13)6-11/h2-7,16,18H,8-9H2,1H3. The normalized spacial score (nSPS) is 15.3. The third-order valence-corrected chi connectivity index (χ3v) is 3.57. The van der Waals surface area contributed by atoms with Crippen LogP contribution in [0.3, 0.4) is 0 Å². The lowest BCUT2D eigenvalue weighted by Crippen LogP contribution is -2.02. The summed E-state index contributed by atoms with van der Waals surface area (Å²) in [5, 5.41) is 10.3. The van der Waals surface area contributed by atoms with Crippen LogP contribution >= 0.6 is 0 Å². The molecule has 1 N–H and O–H groups in total. The van der Waals surface area contributed by atoms with Gasteiger partial charge in [0.2, 0.25) is 0 Å². The number of hydrogen-bond acceptors (Lipinski definition) is 2. The number of rotatable bonds is 2. The first kappa shape index (κ1) is 12.3. The summed E-state index contributed by atoms with van der Waals surface area (Å²) in [7, 11) is 0. The summed E-state index contributed by atoms with van der Waals surface area (Å²) in [4.78, 5) is 0. The van der Waals surface area contributed by atoms with E-state index >= 15 is 0 Å². The molecule has 98 valence electrons. The highest BCUT2D eigenvalue weighted by Gasteiger charge is 2.16. The summed E-state index contributed by atoms with van der Waals surface area (Å²) in [6.45, 7) is 2.92. The van der Waals surface area contributed by atoms with E-state index in [1.807, 2.05) is 18.2 Å². The minimum Gasteiger partial charge on any atom is -0.384 e. The Morgan fingerprint density at radius 2 is 1.74 bits per heavy atom. The van der Waals surface area contributed by atoms with Gasteiger partial charge in [-0.1, -0.05) is 30.3 Å². The number of aliphatic hydroxyl groups excluding tert-OH is 1. The van der Waals surface area contributed by atoms with Crippen LogP contribution in [-0.4, -0.2) is 5.11 Å². The van der Waals surface area contributed by atoms with Crippen LogP contribution in [0.25, 0.3) is 0 Å². The van der Waals surface area contributed by atoms with Gasteiger partial charge in [-0.15, -0.1) is 0 Å². The Labute approximate surface area is 111 Å². The molecule has 1 aliphatic heterocycles. The molecular formula is C16H15FO2. The Bertz CT molecular complexity index is 622. The SMILES string of the molecule is Cc1ccc(C(O)c2ccc3c(c2)COC3)cc1F. The summed E-state index contributed by atoms with van der Waals surface area (Å²) in [5.41, 5.74) is 4.18. The molecule has 1 aliphatic rings. The molecule has 1 unspecified atom stereocenters. The Kier molecular flexibility index (Phi) is 3.09. The average Bonchev–Trinajstić information content (AvgIpc) is 2.88. The highest BCUT2D eigenvalue weighted by Crippen LogP contribution is 2.28. The summed E-state index contributed by atoms with van der Waals surface area (Å²) in [6, 6.07) is 10.6. The van der Waals surface area contributed by atoms with E-state index in [9.17, 15) is 9.50 Å². The first-order valence-electron chi connectivity index (χ1n) is 6.29. The lowest BCUT2D eigenvalue weighted by molar-refractivity contribution is 0.134. The molecule has 0 fully saturated rings. The molecule has 3 heteroatoms. The first-order chi connectivity index (χ1) is 9.15. The maximum Gasteiger partial charge on any atom is 0.126 e. The van der Waals surface area contributed by atoms with Gasteiger partial charge in [-0.3, -0.25) is 0 Å². The molecule has 0 bridgehead atoms. The predicted molar refractivity (Wildman–Crippen MR) is 70.1 cm³/mol. The second kappa shape index (κ2) is 4.76. The van der Waals surface area contributed by atoms with Gasteiger partial charge in [0.25, 0.3) is 0 Å². The number of aliphatic hydroxyl groups is 1. The minimum atomic E-state index is -0.805. The van der Waals surface area contributed by atoms with Gasteiger partial charge in [-0.25, -0.2) is 4.39 Å². The first-order valence-corrected chi connectivity index (χ1v) is 6.29. The predicted octanol–water partition coefficient (Wildman–Crippen LogP) is 3.25. The van der Waals surface area contributed by atoms with Gasteiger partial charge in [0.05, 0.1) is 13.2 Å². The van der Waals surface area contributed by atoms with E-state index in [2.05, 4.69) is 0 Å². The zero-order valence-corrected chi connectivity index (χ0v) is 10.7. The van der Waals surface area contributed by atoms with Crippen LogP contribution in [0.5, 0.6) is 0 Å². The summed E-state index contributed by atoms with van der Waals surface area (Å²) >= 11 is 0. The zero-order valence-electron chi connectivity index (χ0n) is 10.7. The molecule has 2 aromatic rings. The quantitative estimate of drug-likeness (QED) is 0.896. The highest BCUT2D eigenvalue weighted by atomic mass is 19.1. The number of ether oxygens (including phenoxy) is 1. The summed E-state index contributed by atoms with van der Waals surface area (Å²) < 4.78 is 18.9. The largest absolute Gasteiger partial charge is 0.384 e. The average molecular weight is 258 g/mol. The summed E-state index contributed by atoms with van der Waals surface area (Å²) in [6.07, 6.45) is -0.805. The van der Waals surface area contributed by atoms with Crippen molar-refractivity contribution in [2.75, 3.05) is 0 Å². The molecule has 2 nitrogen and oxygen atoms in total. The van der Waals surface area contributed by atoms with Crippen LogP contribution in [0, 0.1) is 12.7 Å². The smallest absolute Gasteiger partial charge is 0.126 e. The van der Waals surface area contributed by atoms with E-state index in [0.29, 0.717) is 24.3 Å². The fourth-order valence-electron chi connectivity index (χ4n) is 2.33. The van der Waals surface area contributed by atoms with E-state index in [4.69, 9.17) is 4.74 Å². The number of fused-ring (bicyclic) bond motifs is 1.